The van der Waals surface area contributed by atoms with E-state index in [1.54, 1.807) is 48.2 Å². The number of carbonyl (C=O) groups is 3. The summed E-state index contributed by atoms with van der Waals surface area (Å²) in [4.78, 5) is 43.0. The first-order valence-electron chi connectivity index (χ1n) is 12.7. The van der Waals surface area contributed by atoms with Crippen LogP contribution in [0.4, 0.5) is 4.39 Å². The molecule has 5 rings (SSSR count). The molecule has 7 nitrogen and oxygen atoms in total. The normalized spacial score (nSPS) is 20.1. The highest BCUT2D eigenvalue weighted by molar-refractivity contribution is 6.03. The molecule has 0 aromatic heterocycles. The number of ketones is 2. The number of piperidine rings is 1. The first kappa shape index (κ1) is 25.6. The van der Waals surface area contributed by atoms with Crippen molar-refractivity contribution in [2.45, 2.75) is 12.8 Å². The van der Waals surface area contributed by atoms with Gasteiger partial charge in [0.2, 0.25) is 5.91 Å². The van der Waals surface area contributed by atoms with E-state index in [4.69, 9.17) is 0 Å². The van der Waals surface area contributed by atoms with Crippen LogP contribution >= 0.6 is 0 Å². The highest BCUT2D eigenvalue weighted by atomic mass is 19.1. The minimum absolute atomic E-state index is 0.0638. The van der Waals surface area contributed by atoms with E-state index in [9.17, 15) is 29.0 Å². The molecule has 8 heteroatoms. The number of nitrogens with zero attached hydrogens (tertiary/aromatic N) is 1. The lowest BCUT2D eigenvalue weighted by Crippen LogP contribution is -2.58. The van der Waals surface area contributed by atoms with Crippen LogP contribution < -0.4 is 5.32 Å². The number of benzene rings is 3. The van der Waals surface area contributed by atoms with E-state index in [0.29, 0.717) is 24.2 Å². The number of likely N-dealkylation sites (tertiary alicyclic amines) is 1. The third-order valence-corrected chi connectivity index (χ3v) is 7.75. The van der Waals surface area contributed by atoms with Crippen LogP contribution in [-0.2, 0) is 4.79 Å². The van der Waals surface area contributed by atoms with Crippen molar-refractivity contribution in [3.05, 3.63) is 94.8 Å². The molecule has 0 saturated carbocycles. The summed E-state index contributed by atoms with van der Waals surface area (Å²) in [6, 6.07) is 16.5. The van der Waals surface area contributed by atoms with Crippen molar-refractivity contribution in [2.24, 2.45) is 17.8 Å². The first-order chi connectivity index (χ1) is 18.2. The Labute approximate surface area is 219 Å². The molecule has 3 aromatic rings. The summed E-state index contributed by atoms with van der Waals surface area (Å²) in [5.74, 6) is -4.13. The van der Waals surface area contributed by atoms with Gasteiger partial charge in [-0.1, -0.05) is 36.4 Å². The number of phenolic OH excluding ortho intramolecular Hbond substituents is 2. The topological polar surface area (TPSA) is 107 Å². The molecule has 3 N–H and O–H groups in total. The molecule has 1 amide bonds. The van der Waals surface area contributed by atoms with Crippen LogP contribution in [0.3, 0.4) is 0 Å². The second-order valence-corrected chi connectivity index (χ2v) is 10.1. The molecule has 38 heavy (non-hydrogen) atoms. The van der Waals surface area contributed by atoms with Crippen molar-refractivity contribution < 1.29 is 29.0 Å². The molecule has 0 spiro atoms. The SMILES string of the molecule is Cc1c(F)cccc1C1[C@@H](C(=O)c2cccc(O)c2)CN(C(=O)C2CNC2)C[C@@H]1C(=O)c1cccc(O)c1. The van der Waals surface area contributed by atoms with Gasteiger partial charge in [0.1, 0.15) is 17.3 Å². The molecule has 2 aliphatic rings. The van der Waals surface area contributed by atoms with Gasteiger partial charge >= 0.3 is 0 Å². The number of hydrogen-bond donors (Lipinski definition) is 3. The van der Waals surface area contributed by atoms with Gasteiger partial charge in [0, 0.05) is 55.1 Å². The summed E-state index contributed by atoms with van der Waals surface area (Å²) in [7, 11) is 0. The Morgan fingerprint density at radius 1 is 0.842 bits per heavy atom. The van der Waals surface area contributed by atoms with E-state index in [-0.39, 0.29) is 59.1 Å². The second-order valence-electron chi connectivity index (χ2n) is 10.1. The molecule has 2 aliphatic heterocycles. The molecule has 3 aromatic carbocycles. The van der Waals surface area contributed by atoms with Gasteiger partial charge in [0.25, 0.3) is 0 Å². The van der Waals surface area contributed by atoms with Crippen LogP contribution in [0.1, 0.15) is 37.8 Å². The van der Waals surface area contributed by atoms with Crippen molar-refractivity contribution in [2.75, 3.05) is 26.2 Å². The molecule has 0 unspecified atom stereocenters. The van der Waals surface area contributed by atoms with E-state index in [1.807, 2.05) is 0 Å². The van der Waals surface area contributed by atoms with Crippen molar-refractivity contribution in [1.82, 2.24) is 10.2 Å². The van der Waals surface area contributed by atoms with Gasteiger partial charge < -0.3 is 20.4 Å². The summed E-state index contributed by atoms with van der Waals surface area (Å²) < 4.78 is 14.8. The molecule has 2 atom stereocenters. The molecule has 0 bridgehead atoms. The van der Waals surface area contributed by atoms with E-state index in [1.165, 1.54) is 30.3 Å². The van der Waals surface area contributed by atoms with Crippen molar-refractivity contribution in [3.63, 3.8) is 0 Å². The standard InChI is InChI=1S/C30H29FN2O5/c1-17-23(9-4-10-26(17)31)27-24(28(36)18-5-2-7-21(34)11-18)15-33(30(38)20-13-32-14-20)16-25(27)29(37)19-6-3-8-22(35)12-19/h2-12,20,24-25,27,32,34-35H,13-16H2,1H3/t24-,25-/m0/s1. The molecule has 0 aliphatic carbocycles. The van der Waals surface area contributed by atoms with Gasteiger partial charge in [-0.2, -0.15) is 0 Å². The van der Waals surface area contributed by atoms with Crippen LogP contribution in [0, 0.1) is 30.5 Å². The Balaban J connectivity index is 1.65. The van der Waals surface area contributed by atoms with Gasteiger partial charge in [-0.05, 0) is 48.4 Å². The van der Waals surface area contributed by atoms with Gasteiger partial charge in [0.15, 0.2) is 11.6 Å². The lowest BCUT2D eigenvalue weighted by molar-refractivity contribution is -0.139. The van der Waals surface area contributed by atoms with Crippen molar-refractivity contribution >= 4 is 17.5 Å². The fourth-order valence-corrected chi connectivity index (χ4v) is 5.62. The maximum atomic E-state index is 14.8. The Hall–Kier alpha value is -4.04. The minimum Gasteiger partial charge on any atom is -0.508 e. The highest BCUT2D eigenvalue weighted by Gasteiger charge is 2.47. The van der Waals surface area contributed by atoms with E-state index in [0.717, 1.165) is 0 Å². The van der Waals surface area contributed by atoms with Crippen molar-refractivity contribution in [3.8, 4) is 11.5 Å². The van der Waals surface area contributed by atoms with Crippen LogP contribution in [0.25, 0.3) is 0 Å². The Morgan fingerprint density at radius 2 is 1.37 bits per heavy atom. The third-order valence-electron chi connectivity index (χ3n) is 7.75. The number of phenols is 2. The molecular weight excluding hydrogens is 487 g/mol. The number of hydrogen-bond acceptors (Lipinski definition) is 6. The molecule has 196 valence electrons. The average Bonchev–Trinajstić information content (AvgIpc) is 2.88. The maximum absolute atomic E-state index is 14.8. The molecule has 2 heterocycles. The lowest BCUT2D eigenvalue weighted by Gasteiger charge is -2.45. The largest absolute Gasteiger partial charge is 0.508 e. The van der Waals surface area contributed by atoms with E-state index < -0.39 is 23.6 Å². The molecule has 2 fully saturated rings. The molecule has 2 saturated heterocycles. The summed E-state index contributed by atoms with van der Waals surface area (Å²) in [6.07, 6.45) is 0. The quantitative estimate of drug-likeness (QED) is 0.432. The van der Waals surface area contributed by atoms with Crippen LogP contribution in [0.2, 0.25) is 0 Å². The zero-order chi connectivity index (χ0) is 27.0. The number of aromatic hydroxyl groups is 2. The number of amides is 1. The fraction of sp³-hybridized carbons (Fsp3) is 0.300. The van der Waals surface area contributed by atoms with Gasteiger partial charge in [-0.3, -0.25) is 14.4 Å². The number of halogens is 1. The Morgan fingerprint density at radius 3 is 1.84 bits per heavy atom. The van der Waals surface area contributed by atoms with Gasteiger partial charge in [-0.15, -0.1) is 0 Å². The van der Waals surface area contributed by atoms with Crippen LogP contribution in [0.15, 0.2) is 66.7 Å². The molecular formula is C30H29FN2O5. The van der Waals surface area contributed by atoms with Gasteiger partial charge in [0.05, 0.1) is 5.92 Å². The summed E-state index contributed by atoms with van der Waals surface area (Å²) in [5, 5.41) is 23.2. The Bertz CT molecular complexity index is 1340. The average molecular weight is 517 g/mol. The van der Waals surface area contributed by atoms with Crippen LogP contribution in [-0.4, -0.2) is 58.8 Å². The summed E-state index contributed by atoms with van der Waals surface area (Å²) in [6.45, 7) is 2.80. The summed E-state index contributed by atoms with van der Waals surface area (Å²) >= 11 is 0. The number of Topliss-reactive ketones (excluding diaryl/α,β-unsaturated/α-hetero) is 2. The first-order valence-corrected chi connectivity index (χ1v) is 12.7. The van der Waals surface area contributed by atoms with Crippen molar-refractivity contribution in [1.29, 1.82) is 0 Å². The zero-order valence-electron chi connectivity index (χ0n) is 20.9. The Kier molecular flexibility index (Phi) is 6.99. The molecule has 0 radical (unpaired) electrons. The van der Waals surface area contributed by atoms with Gasteiger partial charge in [-0.25, -0.2) is 4.39 Å². The minimum atomic E-state index is -0.866. The number of rotatable bonds is 6. The van der Waals surface area contributed by atoms with E-state index in [2.05, 4.69) is 5.32 Å². The number of carbonyl (C=O) groups excluding carboxylic acids is 3. The zero-order valence-corrected chi connectivity index (χ0v) is 20.9. The fourth-order valence-electron chi connectivity index (χ4n) is 5.62. The highest BCUT2D eigenvalue weighted by Crippen LogP contribution is 2.43. The number of nitrogens with one attached hydrogen (secondary N) is 1. The summed E-state index contributed by atoms with van der Waals surface area (Å²) in [5.41, 5.74) is 1.36. The predicted molar refractivity (Wildman–Crippen MR) is 139 cm³/mol. The maximum Gasteiger partial charge on any atom is 0.228 e. The third kappa shape index (κ3) is 4.79. The van der Waals surface area contributed by atoms with Crippen LogP contribution in [0.5, 0.6) is 11.5 Å². The van der Waals surface area contributed by atoms with E-state index >= 15 is 0 Å². The predicted octanol–water partition coefficient (Wildman–Crippen LogP) is 3.69. The lowest BCUT2D eigenvalue weighted by atomic mass is 9.67. The smallest absolute Gasteiger partial charge is 0.228 e. The second kappa shape index (κ2) is 10.4. The monoisotopic (exact) mass is 516 g/mol.